The number of anilines is 2. The summed E-state index contributed by atoms with van der Waals surface area (Å²) >= 11 is 3.46. The Kier molecular flexibility index (Phi) is 3.75. The van der Waals surface area contributed by atoms with Gasteiger partial charge in [0.1, 0.15) is 6.07 Å². The number of nitrogens with one attached hydrogen (secondary N) is 1. The van der Waals surface area contributed by atoms with Crippen molar-refractivity contribution in [2.24, 2.45) is 0 Å². The van der Waals surface area contributed by atoms with Gasteiger partial charge in [-0.05, 0) is 61.1 Å². The summed E-state index contributed by atoms with van der Waals surface area (Å²) in [5.41, 5.74) is 5.51. The molecule has 0 fully saturated rings. The summed E-state index contributed by atoms with van der Waals surface area (Å²) in [6, 6.07) is 14.3. The van der Waals surface area contributed by atoms with Crippen LogP contribution in [0.3, 0.4) is 0 Å². The summed E-state index contributed by atoms with van der Waals surface area (Å²) in [5, 5.41) is 12.7. The van der Waals surface area contributed by atoms with Crippen LogP contribution in [0.4, 0.5) is 11.4 Å². The van der Waals surface area contributed by atoms with E-state index in [1.54, 1.807) is 0 Å². The molecule has 2 nitrogen and oxygen atoms in total. The van der Waals surface area contributed by atoms with E-state index < -0.39 is 0 Å². The minimum Gasteiger partial charge on any atom is -0.354 e. The molecule has 2 aromatic carbocycles. The van der Waals surface area contributed by atoms with Crippen molar-refractivity contribution in [3.05, 3.63) is 57.6 Å². The van der Waals surface area contributed by atoms with Gasteiger partial charge < -0.3 is 5.32 Å². The van der Waals surface area contributed by atoms with Crippen LogP contribution in [-0.4, -0.2) is 0 Å². The smallest absolute Gasteiger partial charge is 0.101 e. The van der Waals surface area contributed by atoms with E-state index in [-0.39, 0.29) is 0 Å². The average Bonchev–Trinajstić information content (AvgIpc) is 2.48. The highest BCUT2D eigenvalue weighted by atomic mass is 79.9. The lowest BCUT2D eigenvalue weighted by Crippen LogP contribution is -2.06. The van der Waals surface area contributed by atoms with Gasteiger partial charge in [0.25, 0.3) is 0 Å². The maximum absolute atomic E-state index is 9.22. The number of halogens is 1. The summed E-state index contributed by atoms with van der Waals surface area (Å²) < 4.78 is 0.976. The number of fused-ring (bicyclic) bond motifs is 1. The zero-order chi connectivity index (χ0) is 13.9. The Bertz CT molecular complexity index is 686. The van der Waals surface area contributed by atoms with Gasteiger partial charge in [0.15, 0.2) is 0 Å². The molecule has 0 aromatic heterocycles. The lowest BCUT2D eigenvalue weighted by molar-refractivity contribution is 0.687. The van der Waals surface area contributed by atoms with Crippen LogP contribution in [0.15, 0.2) is 40.9 Å². The predicted molar refractivity (Wildman–Crippen MR) is 85.2 cm³/mol. The van der Waals surface area contributed by atoms with Crippen molar-refractivity contribution in [1.29, 1.82) is 5.26 Å². The molecule has 0 heterocycles. The minimum absolute atomic E-state index is 0.668. The Morgan fingerprint density at radius 3 is 2.75 bits per heavy atom. The predicted octanol–water partition coefficient (Wildman–Crippen LogP) is 4.94. The standard InChI is InChI=1S/C17H15BrN2/c18-14-9-8-13(11-19)17(10-14)20-16-7-3-5-12-4-1-2-6-15(12)16/h3,5,7-10,20H,1-2,4,6H2. The van der Waals surface area contributed by atoms with Gasteiger partial charge in [0.2, 0.25) is 0 Å². The molecule has 1 aliphatic carbocycles. The maximum atomic E-state index is 9.22. The molecule has 0 bridgehead atoms. The lowest BCUT2D eigenvalue weighted by Gasteiger charge is -2.20. The van der Waals surface area contributed by atoms with Gasteiger partial charge in [0.05, 0.1) is 11.3 Å². The Morgan fingerprint density at radius 1 is 1.05 bits per heavy atom. The molecular weight excluding hydrogens is 312 g/mol. The van der Waals surface area contributed by atoms with Crippen molar-refractivity contribution in [3.63, 3.8) is 0 Å². The van der Waals surface area contributed by atoms with E-state index in [1.165, 1.54) is 24.0 Å². The first-order chi connectivity index (χ1) is 9.78. The molecule has 20 heavy (non-hydrogen) atoms. The third kappa shape index (κ3) is 2.57. The molecule has 1 N–H and O–H groups in total. The molecule has 0 saturated carbocycles. The molecule has 100 valence electrons. The van der Waals surface area contributed by atoms with Crippen molar-refractivity contribution in [3.8, 4) is 6.07 Å². The Morgan fingerprint density at radius 2 is 1.90 bits per heavy atom. The summed E-state index contributed by atoms with van der Waals surface area (Å²) in [4.78, 5) is 0. The van der Waals surface area contributed by atoms with Crippen molar-refractivity contribution < 1.29 is 0 Å². The number of hydrogen-bond donors (Lipinski definition) is 1. The second-order valence-electron chi connectivity index (χ2n) is 5.08. The maximum Gasteiger partial charge on any atom is 0.101 e. The molecule has 2 aromatic rings. The first kappa shape index (κ1) is 13.2. The largest absolute Gasteiger partial charge is 0.354 e. The van der Waals surface area contributed by atoms with Crippen LogP contribution >= 0.6 is 15.9 Å². The average molecular weight is 327 g/mol. The molecule has 1 aliphatic rings. The molecule has 0 unspecified atom stereocenters. The molecule has 3 heteroatoms. The minimum atomic E-state index is 0.668. The third-order valence-corrected chi connectivity index (χ3v) is 4.26. The van der Waals surface area contributed by atoms with E-state index >= 15 is 0 Å². The van der Waals surface area contributed by atoms with Gasteiger partial charge in [-0.1, -0.05) is 28.1 Å². The molecule has 0 spiro atoms. The summed E-state index contributed by atoms with van der Waals surface area (Å²) in [6.45, 7) is 0. The van der Waals surface area contributed by atoms with Crippen molar-refractivity contribution >= 4 is 27.3 Å². The molecule has 0 atom stereocenters. The molecule has 0 saturated heterocycles. The van der Waals surface area contributed by atoms with E-state index in [2.05, 4.69) is 45.5 Å². The Balaban J connectivity index is 2.00. The van der Waals surface area contributed by atoms with Crippen LogP contribution in [0.5, 0.6) is 0 Å². The zero-order valence-corrected chi connectivity index (χ0v) is 12.7. The summed E-state index contributed by atoms with van der Waals surface area (Å²) in [7, 11) is 0. The summed E-state index contributed by atoms with van der Waals surface area (Å²) in [5.74, 6) is 0. The van der Waals surface area contributed by atoms with Crippen LogP contribution in [0.1, 0.15) is 29.5 Å². The van der Waals surface area contributed by atoms with Crippen LogP contribution in [0.2, 0.25) is 0 Å². The van der Waals surface area contributed by atoms with E-state index in [0.29, 0.717) is 5.56 Å². The van der Waals surface area contributed by atoms with Crippen molar-refractivity contribution in [2.45, 2.75) is 25.7 Å². The topological polar surface area (TPSA) is 35.8 Å². The molecule has 0 radical (unpaired) electrons. The second kappa shape index (κ2) is 5.68. The zero-order valence-electron chi connectivity index (χ0n) is 11.1. The molecule has 3 rings (SSSR count). The summed E-state index contributed by atoms with van der Waals surface area (Å²) in [6.07, 6.45) is 4.80. The Hall–Kier alpha value is -1.79. The fourth-order valence-electron chi connectivity index (χ4n) is 2.76. The fourth-order valence-corrected chi connectivity index (χ4v) is 3.12. The number of rotatable bonds is 2. The fraction of sp³-hybridized carbons (Fsp3) is 0.235. The highest BCUT2D eigenvalue weighted by Crippen LogP contribution is 2.31. The molecule has 0 aliphatic heterocycles. The van der Waals surface area contributed by atoms with Crippen LogP contribution in [0, 0.1) is 11.3 Å². The van der Waals surface area contributed by atoms with Gasteiger partial charge in [-0.2, -0.15) is 5.26 Å². The number of nitriles is 1. The van der Waals surface area contributed by atoms with Gasteiger partial charge in [-0.25, -0.2) is 0 Å². The van der Waals surface area contributed by atoms with Gasteiger partial charge >= 0.3 is 0 Å². The number of benzene rings is 2. The van der Waals surface area contributed by atoms with E-state index in [1.807, 2.05) is 18.2 Å². The van der Waals surface area contributed by atoms with Gasteiger partial charge in [0, 0.05) is 10.2 Å². The molecular formula is C17H15BrN2. The third-order valence-electron chi connectivity index (χ3n) is 3.77. The first-order valence-electron chi connectivity index (χ1n) is 6.85. The number of hydrogen-bond acceptors (Lipinski definition) is 2. The quantitative estimate of drug-likeness (QED) is 0.848. The highest BCUT2D eigenvalue weighted by Gasteiger charge is 2.13. The van der Waals surface area contributed by atoms with Crippen LogP contribution in [-0.2, 0) is 12.8 Å². The highest BCUT2D eigenvalue weighted by molar-refractivity contribution is 9.10. The van der Waals surface area contributed by atoms with Crippen LogP contribution in [0.25, 0.3) is 0 Å². The number of aryl methyl sites for hydroxylation is 1. The van der Waals surface area contributed by atoms with E-state index in [0.717, 1.165) is 28.7 Å². The Labute approximate surface area is 127 Å². The second-order valence-corrected chi connectivity index (χ2v) is 5.99. The van der Waals surface area contributed by atoms with Gasteiger partial charge in [-0.15, -0.1) is 0 Å². The van der Waals surface area contributed by atoms with E-state index in [9.17, 15) is 5.26 Å². The molecule has 0 amide bonds. The number of nitrogens with zero attached hydrogens (tertiary/aromatic N) is 1. The monoisotopic (exact) mass is 326 g/mol. The van der Waals surface area contributed by atoms with E-state index in [4.69, 9.17) is 0 Å². The van der Waals surface area contributed by atoms with Crippen molar-refractivity contribution in [1.82, 2.24) is 0 Å². The van der Waals surface area contributed by atoms with Gasteiger partial charge in [-0.3, -0.25) is 0 Å². The first-order valence-corrected chi connectivity index (χ1v) is 7.64. The van der Waals surface area contributed by atoms with Crippen molar-refractivity contribution in [2.75, 3.05) is 5.32 Å². The normalized spacial score (nSPS) is 13.4. The SMILES string of the molecule is N#Cc1ccc(Br)cc1Nc1cccc2c1CCCC2. The lowest BCUT2D eigenvalue weighted by atomic mass is 9.90. The van der Waals surface area contributed by atoms with Crippen LogP contribution < -0.4 is 5.32 Å².